The summed E-state index contributed by atoms with van der Waals surface area (Å²) in [5, 5.41) is 6.63. The molecule has 0 unspecified atom stereocenters. The summed E-state index contributed by atoms with van der Waals surface area (Å²) in [6, 6.07) is 17.2. The first kappa shape index (κ1) is 14.8. The van der Waals surface area contributed by atoms with Gasteiger partial charge in [-0.15, -0.1) is 0 Å². The van der Waals surface area contributed by atoms with Crippen LogP contribution < -0.4 is 5.32 Å². The van der Waals surface area contributed by atoms with Gasteiger partial charge < -0.3 is 10.2 Å². The molecule has 4 nitrogen and oxygen atoms in total. The van der Waals surface area contributed by atoms with Gasteiger partial charge in [0.25, 0.3) is 5.91 Å². The number of hydrogen-bond acceptors (Lipinski definition) is 3. The Kier molecular flexibility index (Phi) is 5.10. The van der Waals surface area contributed by atoms with Crippen molar-refractivity contribution in [1.29, 1.82) is 0 Å². The maximum Gasteiger partial charge on any atom is 0.267 e. The Balaban J connectivity index is 1.87. The van der Waals surface area contributed by atoms with Gasteiger partial charge in [0.2, 0.25) is 6.10 Å². The summed E-state index contributed by atoms with van der Waals surface area (Å²) in [4.78, 5) is 17.1. The lowest BCUT2D eigenvalue weighted by Gasteiger charge is -2.10. The molecule has 0 heterocycles. The Hall–Kier alpha value is -2.62. The molecular weight excluding hydrogens is 264 g/mol. The summed E-state index contributed by atoms with van der Waals surface area (Å²) >= 11 is 0. The maximum atomic E-state index is 12.0. The lowest BCUT2D eigenvalue weighted by molar-refractivity contribution is -0.126. The monoisotopic (exact) mass is 282 g/mol. The van der Waals surface area contributed by atoms with E-state index in [-0.39, 0.29) is 5.91 Å². The lowest BCUT2D eigenvalue weighted by atomic mass is 10.2. The maximum absolute atomic E-state index is 12.0. The Morgan fingerprint density at radius 3 is 2.67 bits per heavy atom. The second kappa shape index (κ2) is 7.24. The summed E-state index contributed by atoms with van der Waals surface area (Å²) in [7, 11) is 0. The van der Waals surface area contributed by atoms with E-state index < -0.39 is 6.10 Å². The second-order valence-electron chi connectivity index (χ2n) is 4.75. The van der Waals surface area contributed by atoms with Gasteiger partial charge >= 0.3 is 0 Å². The molecule has 0 saturated carbocycles. The Morgan fingerprint density at radius 2 is 1.95 bits per heavy atom. The third kappa shape index (κ3) is 4.76. The normalized spacial score (nSPS) is 12.1. The third-order valence-electron chi connectivity index (χ3n) is 2.88. The van der Waals surface area contributed by atoms with Gasteiger partial charge in [-0.1, -0.05) is 47.6 Å². The van der Waals surface area contributed by atoms with Crippen LogP contribution in [0, 0.1) is 6.92 Å². The van der Waals surface area contributed by atoms with Crippen molar-refractivity contribution in [1.82, 2.24) is 0 Å². The van der Waals surface area contributed by atoms with Crippen molar-refractivity contribution < 1.29 is 9.63 Å². The molecule has 0 aliphatic heterocycles. The molecule has 2 rings (SSSR count). The SMILES string of the molecule is Cc1cccc(NC(=O)[C@H](C)O/N=C\c2ccccc2)c1. The van der Waals surface area contributed by atoms with Crippen molar-refractivity contribution in [3.63, 3.8) is 0 Å². The fourth-order valence-electron chi connectivity index (χ4n) is 1.74. The van der Waals surface area contributed by atoms with Crippen molar-refractivity contribution in [3.05, 3.63) is 65.7 Å². The summed E-state index contributed by atoms with van der Waals surface area (Å²) in [6.07, 6.45) is 0.918. The van der Waals surface area contributed by atoms with E-state index in [9.17, 15) is 4.79 Å². The van der Waals surface area contributed by atoms with Crippen molar-refractivity contribution in [2.45, 2.75) is 20.0 Å². The highest BCUT2D eigenvalue weighted by molar-refractivity contribution is 5.94. The quantitative estimate of drug-likeness (QED) is 0.675. The smallest absolute Gasteiger partial charge is 0.267 e. The van der Waals surface area contributed by atoms with E-state index in [0.717, 1.165) is 16.8 Å². The highest BCUT2D eigenvalue weighted by atomic mass is 16.6. The van der Waals surface area contributed by atoms with Gasteiger partial charge in [-0.05, 0) is 37.1 Å². The van der Waals surface area contributed by atoms with Crippen molar-refractivity contribution >= 4 is 17.8 Å². The van der Waals surface area contributed by atoms with Gasteiger partial charge in [-0.25, -0.2) is 0 Å². The number of carbonyl (C=O) groups excluding carboxylic acids is 1. The number of carbonyl (C=O) groups is 1. The Morgan fingerprint density at radius 1 is 1.19 bits per heavy atom. The summed E-state index contributed by atoms with van der Waals surface area (Å²) < 4.78 is 0. The first-order valence-electron chi connectivity index (χ1n) is 6.77. The van der Waals surface area contributed by atoms with Crippen LogP contribution in [0.25, 0.3) is 0 Å². The van der Waals surface area contributed by atoms with Crippen molar-refractivity contribution in [2.24, 2.45) is 5.16 Å². The number of hydrogen-bond donors (Lipinski definition) is 1. The molecule has 0 radical (unpaired) electrons. The second-order valence-corrected chi connectivity index (χ2v) is 4.75. The van der Waals surface area contributed by atoms with Crippen LogP contribution in [0.1, 0.15) is 18.1 Å². The van der Waals surface area contributed by atoms with Gasteiger partial charge in [-0.2, -0.15) is 0 Å². The zero-order valence-corrected chi connectivity index (χ0v) is 12.1. The molecule has 1 atom stereocenters. The molecular formula is C17H18N2O2. The van der Waals surface area contributed by atoms with Gasteiger partial charge in [-0.3, -0.25) is 4.79 Å². The molecule has 0 spiro atoms. The molecule has 0 aromatic heterocycles. The highest BCUT2D eigenvalue weighted by Gasteiger charge is 2.13. The first-order chi connectivity index (χ1) is 10.1. The lowest BCUT2D eigenvalue weighted by Crippen LogP contribution is -2.26. The summed E-state index contributed by atoms with van der Waals surface area (Å²) in [5.41, 5.74) is 2.76. The van der Waals surface area contributed by atoms with E-state index in [1.165, 1.54) is 0 Å². The van der Waals surface area contributed by atoms with Crippen LogP contribution in [-0.4, -0.2) is 18.2 Å². The molecule has 4 heteroatoms. The number of rotatable bonds is 5. The van der Waals surface area contributed by atoms with E-state index in [1.54, 1.807) is 13.1 Å². The topological polar surface area (TPSA) is 50.7 Å². The largest absolute Gasteiger partial charge is 0.383 e. The number of nitrogens with one attached hydrogen (secondary N) is 1. The number of benzene rings is 2. The molecule has 21 heavy (non-hydrogen) atoms. The van der Waals surface area contributed by atoms with E-state index in [0.29, 0.717) is 0 Å². The van der Waals surface area contributed by atoms with E-state index in [4.69, 9.17) is 4.84 Å². The number of oxime groups is 1. The van der Waals surface area contributed by atoms with Crippen molar-refractivity contribution in [2.75, 3.05) is 5.32 Å². The summed E-state index contributed by atoms with van der Waals surface area (Å²) in [5.74, 6) is -0.231. The van der Waals surface area contributed by atoms with Crippen LogP contribution in [0.4, 0.5) is 5.69 Å². The predicted molar refractivity (Wildman–Crippen MR) is 84.4 cm³/mol. The zero-order chi connectivity index (χ0) is 15.1. The van der Waals surface area contributed by atoms with Crippen LogP contribution in [0.3, 0.4) is 0 Å². The Labute approximate surface area is 124 Å². The number of aryl methyl sites for hydroxylation is 1. The molecule has 0 aliphatic carbocycles. The molecule has 2 aromatic rings. The molecule has 0 aliphatic rings. The minimum absolute atomic E-state index is 0.231. The van der Waals surface area contributed by atoms with E-state index in [2.05, 4.69) is 10.5 Å². The standard InChI is InChI=1S/C17H18N2O2/c1-13-7-6-10-16(11-13)19-17(20)14(2)21-18-12-15-8-4-3-5-9-15/h3-12,14H,1-2H3,(H,19,20)/b18-12-/t14-/m0/s1. The molecule has 0 saturated heterocycles. The molecule has 1 amide bonds. The van der Waals surface area contributed by atoms with Crippen LogP contribution in [-0.2, 0) is 9.63 Å². The highest BCUT2D eigenvalue weighted by Crippen LogP contribution is 2.10. The fourth-order valence-corrected chi connectivity index (χ4v) is 1.74. The predicted octanol–water partition coefficient (Wildman–Crippen LogP) is 3.37. The zero-order valence-electron chi connectivity index (χ0n) is 12.1. The molecule has 1 N–H and O–H groups in total. The van der Waals surface area contributed by atoms with Crippen molar-refractivity contribution in [3.8, 4) is 0 Å². The van der Waals surface area contributed by atoms with Crippen LogP contribution >= 0.6 is 0 Å². The van der Waals surface area contributed by atoms with Crippen LogP contribution in [0.15, 0.2) is 59.8 Å². The first-order valence-corrected chi connectivity index (χ1v) is 6.77. The minimum Gasteiger partial charge on any atom is -0.383 e. The van der Waals surface area contributed by atoms with Gasteiger partial charge in [0.1, 0.15) is 0 Å². The fraction of sp³-hybridized carbons (Fsp3) is 0.176. The van der Waals surface area contributed by atoms with Gasteiger partial charge in [0.05, 0.1) is 6.21 Å². The van der Waals surface area contributed by atoms with Crippen LogP contribution in [0.2, 0.25) is 0 Å². The Bertz CT molecular complexity index is 624. The average molecular weight is 282 g/mol. The van der Waals surface area contributed by atoms with Gasteiger partial charge in [0, 0.05) is 5.69 Å². The third-order valence-corrected chi connectivity index (χ3v) is 2.88. The number of amides is 1. The minimum atomic E-state index is -0.662. The molecule has 0 fully saturated rings. The molecule has 108 valence electrons. The van der Waals surface area contributed by atoms with E-state index >= 15 is 0 Å². The average Bonchev–Trinajstić information content (AvgIpc) is 2.48. The number of nitrogens with zero attached hydrogens (tertiary/aromatic N) is 1. The van der Waals surface area contributed by atoms with Crippen LogP contribution in [0.5, 0.6) is 0 Å². The molecule has 2 aromatic carbocycles. The summed E-state index contributed by atoms with van der Waals surface area (Å²) in [6.45, 7) is 3.63. The van der Waals surface area contributed by atoms with Gasteiger partial charge in [0.15, 0.2) is 0 Å². The molecule has 0 bridgehead atoms. The number of anilines is 1. The van der Waals surface area contributed by atoms with E-state index in [1.807, 2.05) is 61.5 Å².